The van der Waals surface area contributed by atoms with Gasteiger partial charge in [0.05, 0.1) is 5.00 Å². The van der Waals surface area contributed by atoms with E-state index >= 15 is 0 Å². The molecule has 25 heavy (non-hydrogen) atoms. The number of hydrogen-bond acceptors (Lipinski definition) is 2. The van der Waals surface area contributed by atoms with E-state index in [2.05, 4.69) is 23.1 Å². The van der Waals surface area contributed by atoms with Crippen LogP contribution >= 0.6 is 11.3 Å². The molecule has 0 atom stereocenters. The number of rotatable bonds is 1. The summed E-state index contributed by atoms with van der Waals surface area (Å²) in [6.07, 6.45) is 3.01. The van der Waals surface area contributed by atoms with E-state index in [4.69, 9.17) is 0 Å². The molecule has 2 aliphatic rings. The molecule has 1 aliphatic carbocycles. The van der Waals surface area contributed by atoms with Crippen molar-refractivity contribution in [3.05, 3.63) is 65.2 Å². The molecule has 1 nitrogen and oxygen atoms in total. The number of benzene rings is 2. The maximum absolute atomic E-state index is 14.8. The summed E-state index contributed by atoms with van der Waals surface area (Å²) in [4.78, 5) is 3.42. The zero-order valence-electron chi connectivity index (χ0n) is 13.7. The zero-order chi connectivity index (χ0) is 17.0. The normalized spacial score (nSPS) is 15.5. The van der Waals surface area contributed by atoms with Crippen LogP contribution in [0.1, 0.15) is 24.0 Å². The minimum absolute atomic E-state index is 0.438. The van der Waals surface area contributed by atoms with Gasteiger partial charge in [0, 0.05) is 29.1 Å². The molecule has 3 aromatic rings. The molecule has 0 unspecified atom stereocenters. The average Bonchev–Trinajstić information content (AvgIpc) is 3.26. The van der Waals surface area contributed by atoms with Gasteiger partial charge in [-0.05, 0) is 48.1 Å². The van der Waals surface area contributed by atoms with Crippen LogP contribution in [0.15, 0.2) is 42.5 Å². The lowest BCUT2D eigenvalue weighted by Crippen LogP contribution is -2.15. The van der Waals surface area contributed by atoms with Gasteiger partial charge in [-0.1, -0.05) is 30.3 Å². The van der Waals surface area contributed by atoms with Crippen LogP contribution in [-0.2, 0) is 6.42 Å². The minimum atomic E-state index is -0.774. The average molecular weight is 353 g/mol. The molecule has 0 amide bonds. The first kappa shape index (κ1) is 15.1. The predicted octanol–water partition coefficient (Wildman–Crippen LogP) is 5.86. The van der Waals surface area contributed by atoms with Crippen LogP contribution in [0.5, 0.6) is 0 Å². The fourth-order valence-electron chi connectivity index (χ4n) is 3.99. The second-order valence-electron chi connectivity index (χ2n) is 6.75. The third-order valence-electron chi connectivity index (χ3n) is 5.23. The van der Waals surface area contributed by atoms with Crippen LogP contribution in [0.2, 0.25) is 0 Å². The summed E-state index contributed by atoms with van der Waals surface area (Å²) in [5.74, 6) is -1.50. The van der Waals surface area contributed by atoms with Crippen LogP contribution in [0, 0.1) is 11.6 Å². The molecule has 0 N–H and O–H groups in total. The van der Waals surface area contributed by atoms with Crippen molar-refractivity contribution in [3.8, 4) is 21.6 Å². The second kappa shape index (κ2) is 5.67. The summed E-state index contributed by atoms with van der Waals surface area (Å²) in [6.45, 7) is 2.08. The minimum Gasteiger partial charge on any atom is -0.363 e. The molecule has 1 aromatic heterocycles. The fourth-order valence-corrected chi connectivity index (χ4v) is 5.27. The SMILES string of the molecule is Fc1ccc2c(c1F)-c1cc(N3CCCC3)sc1-c1ccccc1C2. The Morgan fingerprint density at radius 2 is 1.68 bits per heavy atom. The van der Waals surface area contributed by atoms with Gasteiger partial charge >= 0.3 is 0 Å². The van der Waals surface area contributed by atoms with Crippen molar-refractivity contribution in [2.24, 2.45) is 0 Å². The monoisotopic (exact) mass is 353 g/mol. The van der Waals surface area contributed by atoms with Crippen molar-refractivity contribution in [1.82, 2.24) is 0 Å². The van der Waals surface area contributed by atoms with Crippen LogP contribution in [-0.4, -0.2) is 13.1 Å². The molecular weight excluding hydrogens is 336 g/mol. The van der Waals surface area contributed by atoms with E-state index in [1.54, 1.807) is 17.4 Å². The van der Waals surface area contributed by atoms with Gasteiger partial charge in [-0.2, -0.15) is 0 Å². The molecule has 2 heterocycles. The van der Waals surface area contributed by atoms with Crippen molar-refractivity contribution in [1.29, 1.82) is 0 Å². The van der Waals surface area contributed by atoms with Gasteiger partial charge in [-0.15, -0.1) is 11.3 Å². The standard InChI is InChI=1S/C21H17F2NS/c22-17-8-7-14-11-13-5-1-2-6-15(13)21-16(19(14)20(17)23)12-18(25-21)24-9-3-4-10-24/h1-2,5-8,12H,3-4,9-11H2. The van der Waals surface area contributed by atoms with E-state index in [1.165, 1.54) is 24.5 Å². The zero-order valence-corrected chi connectivity index (χ0v) is 14.5. The molecule has 1 aliphatic heterocycles. The maximum atomic E-state index is 14.8. The molecule has 0 spiro atoms. The lowest BCUT2D eigenvalue weighted by Gasteiger charge is -2.14. The summed E-state index contributed by atoms with van der Waals surface area (Å²) in [7, 11) is 0. The van der Waals surface area contributed by atoms with Gasteiger partial charge < -0.3 is 4.90 Å². The van der Waals surface area contributed by atoms with Crippen LogP contribution in [0.3, 0.4) is 0 Å². The van der Waals surface area contributed by atoms with E-state index in [9.17, 15) is 8.78 Å². The van der Waals surface area contributed by atoms with E-state index < -0.39 is 11.6 Å². The molecule has 1 saturated heterocycles. The Morgan fingerprint density at radius 1 is 0.880 bits per heavy atom. The maximum Gasteiger partial charge on any atom is 0.166 e. The molecule has 126 valence electrons. The molecule has 0 saturated carbocycles. The van der Waals surface area contributed by atoms with Gasteiger partial charge in [0.15, 0.2) is 11.6 Å². The van der Waals surface area contributed by atoms with Crippen molar-refractivity contribution >= 4 is 16.3 Å². The smallest absolute Gasteiger partial charge is 0.166 e. The van der Waals surface area contributed by atoms with Gasteiger partial charge in [-0.3, -0.25) is 0 Å². The second-order valence-corrected chi connectivity index (χ2v) is 7.78. The summed E-state index contributed by atoms with van der Waals surface area (Å²) < 4.78 is 28.8. The summed E-state index contributed by atoms with van der Waals surface area (Å²) in [6, 6.07) is 13.3. The molecule has 4 heteroatoms. The number of nitrogens with zero attached hydrogens (tertiary/aromatic N) is 1. The highest BCUT2D eigenvalue weighted by atomic mass is 32.1. The summed E-state index contributed by atoms with van der Waals surface area (Å²) in [5.41, 5.74) is 4.44. The first-order chi connectivity index (χ1) is 12.2. The quantitative estimate of drug-likeness (QED) is 0.414. The molecule has 0 radical (unpaired) electrons. The van der Waals surface area contributed by atoms with Gasteiger partial charge in [0.1, 0.15) is 0 Å². The number of halogens is 2. The van der Waals surface area contributed by atoms with E-state index in [1.807, 2.05) is 12.1 Å². The molecular formula is C21H17F2NS. The molecule has 5 rings (SSSR count). The third-order valence-corrected chi connectivity index (χ3v) is 6.46. The lowest BCUT2D eigenvalue weighted by atomic mass is 9.98. The highest BCUT2D eigenvalue weighted by Gasteiger charge is 2.27. The Kier molecular flexibility index (Phi) is 3.42. The van der Waals surface area contributed by atoms with E-state index in [-0.39, 0.29) is 0 Å². The Morgan fingerprint density at radius 3 is 2.52 bits per heavy atom. The topological polar surface area (TPSA) is 3.24 Å². The van der Waals surface area contributed by atoms with Crippen molar-refractivity contribution < 1.29 is 8.78 Å². The first-order valence-corrected chi connectivity index (χ1v) is 9.48. The first-order valence-electron chi connectivity index (χ1n) is 8.66. The number of anilines is 1. The van der Waals surface area contributed by atoms with Crippen LogP contribution in [0.4, 0.5) is 13.8 Å². The third kappa shape index (κ3) is 2.31. The Labute approximate surface area is 149 Å². The van der Waals surface area contributed by atoms with E-state index in [0.717, 1.165) is 39.7 Å². The van der Waals surface area contributed by atoms with Gasteiger partial charge in [0.25, 0.3) is 0 Å². The molecule has 0 bridgehead atoms. The molecule has 1 fully saturated rings. The Bertz CT molecular complexity index is 970. The molecule has 2 aromatic carbocycles. The van der Waals surface area contributed by atoms with Crippen LogP contribution < -0.4 is 4.90 Å². The highest BCUT2D eigenvalue weighted by Crippen LogP contribution is 2.49. The fraction of sp³-hybridized carbons (Fsp3) is 0.238. The lowest BCUT2D eigenvalue weighted by molar-refractivity contribution is 0.510. The van der Waals surface area contributed by atoms with Crippen molar-refractivity contribution in [2.45, 2.75) is 19.3 Å². The Hall–Kier alpha value is -2.20. The summed E-state index contributed by atoms with van der Waals surface area (Å²) in [5, 5.41) is 1.16. The predicted molar refractivity (Wildman–Crippen MR) is 99.4 cm³/mol. The largest absolute Gasteiger partial charge is 0.363 e. The van der Waals surface area contributed by atoms with Crippen molar-refractivity contribution in [2.75, 3.05) is 18.0 Å². The number of fused-ring (bicyclic) bond motifs is 5. The summed E-state index contributed by atoms with van der Waals surface area (Å²) >= 11 is 1.70. The van der Waals surface area contributed by atoms with Gasteiger partial charge in [0.2, 0.25) is 0 Å². The Balaban J connectivity index is 1.81. The van der Waals surface area contributed by atoms with E-state index in [0.29, 0.717) is 12.0 Å². The van der Waals surface area contributed by atoms with Crippen LogP contribution in [0.25, 0.3) is 21.6 Å². The highest BCUT2D eigenvalue weighted by molar-refractivity contribution is 7.20. The number of hydrogen-bond donors (Lipinski definition) is 0. The van der Waals surface area contributed by atoms with Crippen molar-refractivity contribution in [3.63, 3.8) is 0 Å². The van der Waals surface area contributed by atoms with Gasteiger partial charge in [-0.25, -0.2) is 8.78 Å². The number of thiophene rings is 1.